The normalized spacial score (nSPS) is 22.9. The van der Waals surface area contributed by atoms with E-state index in [0.29, 0.717) is 28.8 Å². The van der Waals surface area contributed by atoms with E-state index >= 15 is 0 Å². The fourth-order valence-corrected chi connectivity index (χ4v) is 4.64. The van der Waals surface area contributed by atoms with Gasteiger partial charge in [-0.2, -0.15) is 5.10 Å². The number of aryl methyl sites for hydroxylation is 1. The quantitative estimate of drug-likeness (QED) is 0.810. The molecule has 1 amide bonds. The smallest absolute Gasteiger partial charge is 0.257 e. The summed E-state index contributed by atoms with van der Waals surface area (Å²) in [4.78, 5) is 15.4. The van der Waals surface area contributed by atoms with Gasteiger partial charge in [0, 0.05) is 25.2 Å². The molecule has 26 heavy (non-hydrogen) atoms. The third-order valence-electron chi connectivity index (χ3n) is 5.92. The summed E-state index contributed by atoms with van der Waals surface area (Å²) in [7, 11) is 1.79. The minimum absolute atomic E-state index is 0.0252. The summed E-state index contributed by atoms with van der Waals surface area (Å²) in [5, 5.41) is 23.7. The topological polar surface area (TPSA) is 78.6 Å². The van der Waals surface area contributed by atoms with E-state index in [1.54, 1.807) is 24.0 Å². The lowest BCUT2D eigenvalue weighted by Gasteiger charge is -2.44. The Morgan fingerprint density at radius 2 is 1.88 bits per heavy atom. The summed E-state index contributed by atoms with van der Waals surface area (Å²) in [6.45, 7) is 0.801. The highest BCUT2D eigenvalue weighted by Crippen LogP contribution is 2.37. The molecule has 138 valence electrons. The molecule has 2 fully saturated rings. The Labute approximate surface area is 153 Å². The van der Waals surface area contributed by atoms with Crippen LogP contribution >= 0.6 is 0 Å². The van der Waals surface area contributed by atoms with Gasteiger partial charge >= 0.3 is 0 Å². The highest BCUT2D eigenvalue weighted by Gasteiger charge is 2.37. The van der Waals surface area contributed by atoms with Crippen LogP contribution in [0, 0.1) is 5.92 Å². The molecule has 2 atom stereocenters. The number of hydrogen-bond acceptors (Lipinski definition) is 4. The van der Waals surface area contributed by atoms with Crippen molar-refractivity contribution in [2.24, 2.45) is 13.0 Å². The van der Waals surface area contributed by atoms with Crippen molar-refractivity contribution in [3.63, 3.8) is 0 Å². The van der Waals surface area contributed by atoms with Crippen molar-refractivity contribution < 1.29 is 15.0 Å². The fraction of sp³-hybridized carbons (Fsp3) is 0.500. The average molecular weight is 355 g/mol. The van der Waals surface area contributed by atoms with E-state index in [9.17, 15) is 15.0 Å². The van der Waals surface area contributed by atoms with Gasteiger partial charge in [-0.3, -0.25) is 9.48 Å². The molecule has 2 aliphatic rings. The van der Waals surface area contributed by atoms with Crippen LogP contribution in [0.3, 0.4) is 0 Å². The van der Waals surface area contributed by atoms with E-state index in [-0.39, 0.29) is 17.4 Å². The second kappa shape index (κ2) is 6.67. The maximum absolute atomic E-state index is 13.4. The van der Waals surface area contributed by atoms with Crippen LogP contribution in [0.5, 0.6) is 11.5 Å². The summed E-state index contributed by atoms with van der Waals surface area (Å²) >= 11 is 0. The van der Waals surface area contributed by atoms with E-state index in [2.05, 4.69) is 5.10 Å². The first-order chi connectivity index (χ1) is 12.6. The predicted octanol–water partition coefficient (Wildman–Crippen LogP) is 3.29. The third-order valence-corrected chi connectivity index (χ3v) is 5.92. The highest BCUT2D eigenvalue weighted by molar-refractivity contribution is 6.00. The fourth-order valence-electron chi connectivity index (χ4n) is 4.64. The molecule has 0 spiro atoms. The van der Waals surface area contributed by atoms with Crippen LogP contribution in [0.1, 0.15) is 48.9 Å². The monoisotopic (exact) mass is 355 g/mol. The SMILES string of the molecule is Cn1ncc(C(=O)N2CCCC3CCCCC32)c1-c1ccc(O)c(O)c1. The highest BCUT2D eigenvalue weighted by atomic mass is 16.3. The molecular weight excluding hydrogens is 330 g/mol. The van der Waals surface area contributed by atoms with E-state index in [1.165, 1.54) is 37.8 Å². The zero-order chi connectivity index (χ0) is 18.3. The number of rotatable bonds is 2. The van der Waals surface area contributed by atoms with Crippen molar-refractivity contribution >= 4 is 5.91 Å². The molecule has 1 aromatic heterocycles. The summed E-state index contributed by atoms with van der Waals surface area (Å²) in [5.74, 6) is 0.272. The first-order valence-electron chi connectivity index (χ1n) is 9.41. The van der Waals surface area contributed by atoms with Gasteiger partial charge in [-0.25, -0.2) is 0 Å². The summed E-state index contributed by atoms with van der Waals surface area (Å²) in [6.07, 6.45) is 8.67. The van der Waals surface area contributed by atoms with Gasteiger partial charge in [-0.1, -0.05) is 12.8 Å². The number of fused-ring (bicyclic) bond motifs is 1. The van der Waals surface area contributed by atoms with Gasteiger partial charge < -0.3 is 15.1 Å². The molecule has 1 aliphatic heterocycles. The van der Waals surface area contributed by atoms with Crippen LogP contribution in [0.2, 0.25) is 0 Å². The van der Waals surface area contributed by atoms with E-state index in [0.717, 1.165) is 19.4 Å². The predicted molar refractivity (Wildman–Crippen MR) is 98.0 cm³/mol. The van der Waals surface area contributed by atoms with Gasteiger partial charge in [-0.05, 0) is 49.8 Å². The number of nitrogens with zero attached hydrogens (tertiary/aromatic N) is 3. The van der Waals surface area contributed by atoms with Crippen molar-refractivity contribution in [3.8, 4) is 22.8 Å². The van der Waals surface area contributed by atoms with Gasteiger partial charge in [0.2, 0.25) is 0 Å². The number of phenolic OH excluding ortho intramolecular Hbond substituents is 2. The zero-order valence-electron chi connectivity index (χ0n) is 15.1. The lowest BCUT2D eigenvalue weighted by atomic mass is 9.78. The number of aromatic hydroxyl groups is 2. The Balaban J connectivity index is 1.69. The second-order valence-corrected chi connectivity index (χ2v) is 7.49. The first-order valence-corrected chi connectivity index (χ1v) is 9.41. The lowest BCUT2D eigenvalue weighted by Crippen LogP contribution is -2.49. The van der Waals surface area contributed by atoms with Gasteiger partial charge in [-0.15, -0.1) is 0 Å². The number of piperidine rings is 1. The molecule has 0 bridgehead atoms. The standard InChI is InChI=1S/C20H25N3O3/c1-22-19(14-8-9-17(24)18(25)11-14)15(12-21-22)20(26)23-10-4-6-13-5-2-3-7-16(13)23/h8-9,11-13,16,24-25H,2-7,10H2,1H3. The zero-order valence-corrected chi connectivity index (χ0v) is 15.1. The van der Waals surface area contributed by atoms with Crippen molar-refractivity contribution in [1.82, 2.24) is 14.7 Å². The summed E-state index contributed by atoms with van der Waals surface area (Å²) in [5.41, 5.74) is 1.90. The second-order valence-electron chi connectivity index (χ2n) is 7.49. The summed E-state index contributed by atoms with van der Waals surface area (Å²) in [6, 6.07) is 4.95. The molecule has 1 aromatic carbocycles. The number of hydrogen-bond donors (Lipinski definition) is 2. The number of aromatic nitrogens is 2. The number of carbonyl (C=O) groups is 1. The number of carbonyl (C=O) groups excluding carboxylic acids is 1. The average Bonchev–Trinajstić information content (AvgIpc) is 3.04. The first kappa shape index (κ1) is 16.9. The maximum Gasteiger partial charge on any atom is 0.257 e. The molecule has 2 unspecified atom stereocenters. The maximum atomic E-state index is 13.4. The van der Waals surface area contributed by atoms with Gasteiger partial charge in [0.25, 0.3) is 5.91 Å². The Kier molecular flexibility index (Phi) is 4.34. The Hall–Kier alpha value is -2.50. The van der Waals surface area contributed by atoms with Gasteiger partial charge in [0.05, 0.1) is 17.5 Å². The van der Waals surface area contributed by atoms with Crippen LogP contribution in [0.4, 0.5) is 0 Å². The molecule has 1 saturated heterocycles. The molecule has 2 aromatic rings. The number of phenols is 2. The number of amides is 1. The molecule has 1 saturated carbocycles. The molecule has 1 aliphatic carbocycles. The molecule has 2 heterocycles. The van der Waals surface area contributed by atoms with Crippen LogP contribution < -0.4 is 0 Å². The van der Waals surface area contributed by atoms with Crippen molar-refractivity contribution in [3.05, 3.63) is 30.0 Å². The minimum Gasteiger partial charge on any atom is -0.504 e. The van der Waals surface area contributed by atoms with Crippen molar-refractivity contribution in [2.45, 2.75) is 44.6 Å². The lowest BCUT2D eigenvalue weighted by molar-refractivity contribution is 0.0391. The van der Waals surface area contributed by atoms with E-state index in [4.69, 9.17) is 0 Å². The van der Waals surface area contributed by atoms with E-state index in [1.807, 2.05) is 4.90 Å². The van der Waals surface area contributed by atoms with Gasteiger partial charge in [0.1, 0.15) is 0 Å². The molecule has 6 heteroatoms. The minimum atomic E-state index is -0.201. The Bertz CT molecular complexity index is 828. The summed E-state index contributed by atoms with van der Waals surface area (Å²) < 4.78 is 1.65. The van der Waals surface area contributed by atoms with Crippen molar-refractivity contribution in [1.29, 1.82) is 0 Å². The van der Waals surface area contributed by atoms with Crippen molar-refractivity contribution in [2.75, 3.05) is 6.54 Å². The third kappa shape index (κ3) is 2.83. The van der Waals surface area contributed by atoms with Crippen LogP contribution in [0.25, 0.3) is 11.3 Å². The molecule has 4 rings (SSSR count). The molecular formula is C20H25N3O3. The Morgan fingerprint density at radius 3 is 2.69 bits per heavy atom. The largest absolute Gasteiger partial charge is 0.504 e. The van der Waals surface area contributed by atoms with Crippen LogP contribution in [-0.2, 0) is 7.05 Å². The molecule has 0 radical (unpaired) electrons. The van der Waals surface area contributed by atoms with Crippen LogP contribution in [0.15, 0.2) is 24.4 Å². The Morgan fingerprint density at radius 1 is 1.12 bits per heavy atom. The molecule has 6 nitrogen and oxygen atoms in total. The van der Waals surface area contributed by atoms with Crippen LogP contribution in [-0.4, -0.2) is 43.4 Å². The number of benzene rings is 1. The molecule has 2 N–H and O–H groups in total. The van der Waals surface area contributed by atoms with Gasteiger partial charge in [0.15, 0.2) is 11.5 Å². The number of likely N-dealkylation sites (tertiary alicyclic amines) is 1. The van der Waals surface area contributed by atoms with E-state index < -0.39 is 0 Å².